The zero-order valence-electron chi connectivity index (χ0n) is 15.2. The van der Waals surface area contributed by atoms with Gasteiger partial charge in [-0.25, -0.2) is 0 Å². The largest absolute Gasteiger partial charge is 0.369 e. The van der Waals surface area contributed by atoms with Crippen LogP contribution >= 0.6 is 0 Å². The summed E-state index contributed by atoms with van der Waals surface area (Å²) in [5, 5.41) is 0. The van der Waals surface area contributed by atoms with E-state index in [1.165, 1.54) is 44.5 Å². The van der Waals surface area contributed by atoms with E-state index in [0.717, 1.165) is 0 Å². The van der Waals surface area contributed by atoms with Crippen LogP contribution in [0.4, 0.5) is 0 Å². The Morgan fingerprint density at radius 3 is 1.14 bits per heavy atom. The van der Waals surface area contributed by atoms with Crippen molar-refractivity contribution in [1.82, 2.24) is 0 Å². The molecule has 0 aliphatic rings. The predicted octanol–water partition coefficient (Wildman–Crippen LogP) is 5.45. The summed E-state index contributed by atoms with van der Waals surface area (Å²) in [5.74, 6) is 0. The van der Waals surface area contributed by atoms with Gasteiger partial charge >= 0.3 is 0 Å². The monoisotopic (exact) mass is 296 g/mol. The molecule has 0 radical (unpaired) electrons. The van der Waals surface area contributed by atoms with Gasteiger partial charge in [0.15, 0.2) is 0 Å². The van der Waals surface area contributed by atoms with Crippen molar-refractivity contribution in [3.63, 3.8) is 0 Å². The van der Waals surface area contributed by atoms with Crippen LogP contribution in [0.5, 0.6) is 0 Å². The van der Waals surface area contributed by atoms with Crippen molar-refractivity contribution in [1.29, 1.82) is 0 Å². The van der Waals surface area contributed by atoms with Gasteiger partial charge in [-0.2, -0.15) is 0 Å². The molecule has 0 fully saturated rings. The van der Waals surface area contributed by atoms with Gasteiger partial charge in [-0.05, 0) is 81.8 Å². The first-order chi connectivity index (χ1) is 10.2. The lowest BCUT2D eigenvalue weighted by Gasteiger charge is -2.35. The van der Waals surface area contributed by atoms with E-state index in [-0.39, 0.29) is 0 Å². The zero-order chi connectivity index (χ0) is 16.7. The Balaban J connectivity index is 2.80. The summed E-state index contributed by atoms with van der Waals surface area (Å²) in [5.41, 5.74) is 9.92. The molecule has 0 heterocycles. The highest BCUT2D eigenvalue weighted by atomic mass is 16.5. The third-order valence-corrected chi connectivity index (χ3v) is 4.72. The molecule has 0 unspecified atom stereocenters. The standard InChI is InChI=1S/C21H28O/c1-13-9-15(3)19(16(4)10-13)21(7,22-8)20-17(5)11-14(2)12-18(20)6/h9-12H,1-8H3. The molecule has 22 heavy (non-hydrogen) atoms. The van der Waals surface area contributed by atoms with Crippen molar-refractivity contribution in [2.24, 2.45) is 0 Å². The average Bonchev–Trinajstić information content (AvgIpc) is 2.35. The third kappa shape index (κ3) is 2.70. The van der Waals surface area contributed by atoms with Gasteiger partial charge in [0.1, 0.15) is 5.60 Å². The normalized spacial score (nSPS) is 11.8. The van der Waals surface area contributed by atoms with Gasteiger partial charge in [-0.15, -0.1) is 0 Å². The molecule has 118 valence electrons. The average molecular weight is 296 g/mol. The molecule has 1 nitrogen and oxygen atoms in total. The van der Waals surface area contributed by atoms with E-state index in [4.69, 9.17) is 4.74 Å². The van der Waals surface area contributed by atoms with Gasteiger partial charge in [0.05, 0.1) is 0 Å². The smallest absolute Gasteiger partial charge is 0.116 e. The molecule has 0 atom stereocenters. The Morgan fingerprint density at radius 2 is 0.909 bits per heavy atom. The topological polar surface area (TPSA) is 9.23 Å². The maximum atomic E-state index is 6.11. The fourth-order valence-electron chi connectivity index (χ4n) is 4.19. The van der Waals surface area contributed by atoms with Crippen molar-refractivity contribution in [2.45, 2.75) is 54.1 Å². The summed E-state index contributed by atoms with van der Waals surface area (Å²) < 4.78 is 6.11. The minimum atomic E-state index is -0.427. The van der Waals surface area contributed by atoms with Crippen LogP contribution in [-0.4, -0.2) is 7.11 Å². The summed E-state index contributed by atoms with van der Waals surface area (Å²) >= 11 is 0. The number of hydrogen-bond donors (Lipinski definition) is 0. The molecule has 2 aromatic carbocycles. The summed E-state index contributed by atoms with van der Waals surface area (Å²) in [7, 11) is 1.82. The molecule has 1 heteroatoms. The SMILES string of the molecule is COC(C)(c1c(C)cc(C)cc1C)c1c(C)cc(C)cc1C. The van der Waals surface area contributed by atoms with Crippen molar-refractivity contribution in [2.75, 3.05) is 7.11 Å². The first-order valence-corrected chi connectivity index (χ1v) is 7.92. The number of aryl methyl sites for hydroxylation is 6. The lowest BCUT2D eigenvalue weighted by atomic mass is 9.78. The van der Waals surface area contributed by atoms with Crippen molar-refractivity contribution in [3.8, 4) is 0 Å². The van der Waals surface area contributed by atoms with Crippen LogP contribution in [0.2, 0.25) is 0 Å². The van der Waals surface area contributed by atoms with E-state index in [1.807, 2.05) is 7.11 Å². The second kappa shape index (κ2) is 5.89. The summed E-state index contributed by atoms with van der Waals surface area (Å²) in [6, 6.07) is 8.99. The molecule has 0 aliphatic heterocycles. The summed E-state index contributed by atoms with van der Waals surface area (Å²) in [4.78, 5) is 0. The van der Waals surface area contributed by atoms with Crippen molar-refractivity contribution in [3.05, 3.63) is 68.8 Å². The highest BCUT2D eigenvalue weighted by Crippen LogP contribution is 2.40. The molecule has 0 bridgehead atoms. The zero-order valence-corrected chi connectivity index (χ0v) is 15.2. The molecule has 0 amide bonds. The lowest BCUT2D eigenvalue weighted by Crippen LogP contribution is -2.30. The number of rotatable bonds is 3. The molecule has 2 rings (SSSR count). The molecule has 2 aromatic rings. The highest BCUT2D eigenvalue weighted by molar-refractivity contribution is 5.51. The van der Waals surface area contributed by atoms with Gasteiger partial charge in [0.25, 0.3) is 0 Å². The molecular formula is C21H28O. The third-order valence-electron chi connectivity index (χ3n) is 4.72. The van der Waals surface area contributed by atoms with Gasteiger partial charge in [0.2, 0.25) is 0 Å². The van der Waals surface area contributed by atoms with E-state index < -0.39 is 5.60 Å². The Hall–Kier alpha value is -1.60. The van der Waals surface area contributed by atoms with Crippen LogP contribution in [0, 0.1) is 41.5 Å². The van der Waals surface area contributed by atoms with Gasteiger partial charge in [0, 0.05) is 7.11 Å². The number of hydrogen-bond acceptors (Lipinski definition) is 1. The summed E-state index contributed by atoms with van der Waals surface area (Å²) in [6.07, 6.45) is 0. The van der Waals surface area contributed by atoms with Gasteiger partial charge in [-0.3, -0.25) is 0 Å². The second-order valence-electron chi connectivity index (χ2n) is 6.78. The van der Waals surface area contributed by atoms with E-state index in [2.05, 4.69) is 72.7 Å². The highest BCUT2D eigenvalue weighted by Gasteiger charge is 2.34. The predicted molar refractivity (Wildman–Crippen MR) is 94.8 cm³/mol. The Labute approximate surface area is 135 Å². The molecule has 0 saturated heterocycles. The van der Waals surface area contributed by atoms with Crippen LogP contribution in [0.15, 0.2) is 24.3 Å². The Bertz CT molecular complexity index is 606. The van der Waals surface area contributed by atoms with E-state index in [9.17, 15) is 0 Å². The van der Waals surface area contributed by atoms with Gasteiger partial charge < -0.3 is 4.74 Å². The van der Waals surface area contributed by atoms with Crippen LogP contribution < -0.4 is 0 Å². The fraction of sp³-hybridized carbons (Fsp3) is 0.429. The van der Waals surface area contributed by atoms with E-state index >= 15 is 0 Å². The first-order valence-electron chi connectivity index (χ1n) is 7.92. The van der Waals surface area contributed by atoms with Crippen LogP contribution in [0.1, 0.15) is 51.4 Å². The second-order valence-corrected chi connectivity index (χ2v) is 6.78. The fourth-order valence-corrected chi connectivity index (χ4v) is 4.19. The molecule has 0 spiro atoms. The maximum Gasteiger partial charge on any atom is 0.116 e. The number of benzene rings is 2. The van der Waals surface area contributed by atoms with Crippen molar-refractivity contribution < 1.29 is 4.74 Å². The van der Waals surface area contributed by atoms with Crippen molar-refractivity contribution >= 4 is 0 Å². The number of methoxy groups -OCH3 is 1. The molecule has 0 aromatic heterocycles. The Kier molecular flexibility index (Phi) is 4.49. The molecular weight excluding hydrogens is 268 g/mol. The minimum absolute atomic E-state index is 0.427. The maximum absolute atomic E-state index is 6.11. The lowest BCUT2D eigenvalue weighted by molar-refractivity contribution is 0.0369. The number of ether oxygens (including phenoxy) is 1. The van der Waals surface area contributed by atoms with E-state index in [1.54, 1.807) is 0 Å². The molecule has 0 aliphatic carbocycles. The van der Waals surface area contributed by atoms with Crippen LogP contribution in [0.25, 0.3) is 0 Å². The van der Waals surface area contributed by atoms with E-state index in [0.29, 0.717) is 0 Å². The minimum Gasteiger partial charge on any atom is -0.369 e. The Morgan fingerprint density at radius 1 is 0.636 bits per heavy atom. The summed E-state index contributed by atoms with van der Waals surface area (Å²) in [6.45, 7) is 15.2. The van der Waals surface area contributed by atoms with Crippen LogP contribution in [0.3, 0.4) is 0 Å². The van der Waals surface area contributed by atoms with Crippen LogP contribution in [-0.2, 0) is 10.3 Å². The molecule has 0 N–H and O–H groups in total. The quantitative estimate of drug-likeness (QED) is 0.732. The first kappa shape index (κ1) is 16.8. The van der Waals surface area contributed by atoms with Gasteiger partial charge in [-0.1, -0.05) is 35.4 Å². The molecule has 0 saturated carbocycles.